The molecule has 10 nitrogen and oxygen atoms in total. The van der Waals surface area contributed by atoms with E-state index in [4.69, 9.17) is 23.7 Å². The Bertz CT molecular complexity index is 1780. The van der Waals surface area contributed by atoms with Gasteiger partial charge in [-0.15, -0.1) is 0 Å². The number of rotatable bonds is 8. The number of nitrogens with one attached hydrogen (secondary N) is 1. The van der Waals surface area contributed by atoms with Crippen molar-refractivity contribution < 1.29 is 33.2 Å². The summed E-state index contributed by atoms with van der Waals surface area (Å²) in [6, 6.07) is 23.8. The minimum absolute atomic E-state index is 0.118. The molecule has 4 aromatic rings. The first-order valence-electron chi connectivity index (χ1n) is 14.2. The highest BCUT2D eigenvalue weighted by Crippen LogP contribution is 2.71. The van der Waals surface area contributed by atoms with Crippen molar-refractivity contribution in [2.45, 2.75) is 54.9 Å². The molecule has 5 atom stereocenters. The quantitative estimate of drug-likeness (QED) is 0.231. The average molecular weight is 603 g/mol. The van der Waals surface area contributed by atoms with Gasteiger partial charge in [-0.2, -0.15) is 0 Å². The zero-order valence-corrected chi connectivity index (χ0v) is 24.3. The third kappa shape index (κ3) is 4.07. The van der Waals surface area contributed by atoms with Crippen LogP contribution in [0.2, 0.25) is 0 Å². The lowest BCUT2D eigenvalue weighted by atomic mass is 9.79. The Hall–Kier alpha value is -4.29. The molecule has 44 heavy (non-hydrogen) atoms. The van der Waals surface area contributed by atoms with Gasteiger partial charge in [0.15, 0.2) is 0 Å². The van der Waals surface area contributed by atoms with Gasteiger partial charge in [0.05, 0.1) is 14.2 Å². The molecular weight excluding hydrogens is 571 g/mol. The maximum Gasteiger partial charge on any atom is 0.330 e. The van der Waals surface area contributed by atoms with Gasteiger partial charge in [-0.05, 0) is 47.9 Å². The monoisotopic (exact) mass is 602 g/mol. The van der Waals surface area contributed by atoms with Gasteiger partial charge in [0.25, 0.3) is 17.2 Å². The molecule has 1 aromatic heterocycles. The molecule has 3 aliphatic rings. The Kier molecular flexibility index (Phi) is 6.38. The summed E-state index contributed by atoms with van der Waals surface area (Å²) in [5.41, 5.74) is -2.20. The highest BCUT2D eigenvalue weighted by atomic mass is 19.2. The number of halogens is 1. The van der Waals surface area contributed by atoms with Crippen LogP contribution < -0.4 is 20.7 Å². The van der Waals surface area contributed by atoms with Gasteiger partial charge in [-0.25, -0.2) is 9.18 Å². The summed E-state index contributed by atoms with van der Waals surface area (Å²) in [7, 11) is 3.13. The number of alkyl halides is 1. The maximum atomic E-state index is 16.6. The second-order valence-corrected chi connectivity index (χ2v) is 11.5. The number of methoxy groups -OCH3 is 2. The van der Waals surface area contributed by atoms with Crippen LogP contribution in [-0.2, 0) is 19.8 Å². The molecule has 0 spiro atoms. The highest BCUT2D eigenvalue weighted by Gasteiger charge is 2.90. The lowest BCUT2D eigenvalue weighted by Crippen LogP contribution is -2.49. The van der Waals surface area contributed by atoms with E-state index in [0.29, 0.717) is 28.2 Å². The number of aromatic amines is 1. The van der Waals surface area contributed by atoms with Crippen molar-refractivity contribution in [1.29, 1.82) is 0 Å². The Balaban J connectivity index is 1.38. The lowest BCUT2D eigenvalue weighted by Gasteiger charge is -2.39. The summed E-state index contributed by atoms with van der Waals surface area (Å²) < 4.78 is 47.7. The first kappa shape index (κ1) is 28.5. The first-order chi connectivity index (χ1) is 21.1. The molecule has 3 heterocycles. The van der Waals surface area contributed by atoms with Crippen molar-refractivity contribution in [1.82, 2.24) is 9.55 Å². The van der Waals surface area contributed by atoms with Crippen LogP contribution in [0.5, 0.6) is 11.5 Å². The molecule has 0 amide bonds. The van der Waals surface area contributed by atoms with Gasteiger partial charge in [-0.3, -0.25) is 14.3 Å². The summed E-state index contributed by atoms with van der Waals surface area (Å²) >= 11 is 0. The molecule has 0 radical (unpaired) electrons. The van der Waals surface area contributed by atoms with Gasteiger partial charge in [0, 0.05) is 24.6 Å². The normalized spacial score (nSPS) is 28.8. The number of nitrogens with zero attached hydrogens (tertiary/aromatic N) is 1. The zero-order valence-electron chi connectivity index (χ0n) is 24.3. The van der Waals surface area contributed by atoms with Crippen molar-refractivity contribution in [3.63, 3.8) is 0 Å². The van der Waals surface area contributed by atoms with Gasteiger partial charge in [0.1, 0.15) is 35.0 Å². The number of aromatic nitrogens is 2. The number of hydrogen-bond donors (Lipinski definition) is 2. The van der Waals surface area contributed by atoms with E-state index in [-0.39, 0.29) is 12.0 Å². The Morgan fingerprint density at radius 3 is 2.07 bits per heavy atom. The molecule has 1 aliphatic carbocycles. The van der Waals surface area contributed by atoms with Crippen LogP contribution in [0.4, 0.5) is 4.39 Å². The number of fused-ring (bicyclic) bond motifs is 3. The third-order valence-corrected chi connectivity index (χ3v) is 8.91. The van der Waals surface area contributed by atoms with Crippen LogP contribution >= 0.6 is 0 Å². The fourth-order valence-electron chi connectivity index (χ4n) is 6.71. The molecular formula is C33H31FN2O8. The Labute approximate surface area is 251 Å². The molecule has 7 rings (SSSR count). The van der Waals surface area contributed by atoms with Crippen LogP contribution in [0.1, 0.15) is 41.3 Å². The minimum atomic E-state index is -2.37. The fourth-order valence-corrected chi connectivity index (χ4v) is 6.71. The van der Waals surface area contributed by atoms with Crippen molar-refractivity contribution in [3.8, 4) is 11.5 Å². The predicted molar refractivity (Wildman–Crippen MR) is 155 cm³/mol. The lowest BCUT2D eigenvalue weighted by molar-refractivity contribution is -0.211. The van der Waals surface area contributed by atoms with E-state index in [1.54, 1.807) is 45.4 Å². The maximum absolute atomic E-state index is 16.6. The zero-order chi connectivity index (χ0) is 30.9. The van der Waals surface area contributed by atoms with Crippen LogP contribution in [0.15, 0.2) is 94.6 Å². The van der Waals surface area contributed by atoms with Crippen molar-refractivity contribution in [2.75, 3.05) is 14.2 Å². The van der Waals surface area contributed by atoms with Crippen LogP contribution in [-0.4, -0.2) is 52.2 Å². The third-order valence-electron chi connectivity index (χ3n) is 8.91. The van der Waals surface area contributed by atoms with Crippen LogP contribution in [0, 0.1) is 6.92 Å². The number of ether oxygens (including phenoxy) is 5. The largest absolute Gasteiger partial charge is 0.497 e. The SMILES string of the molecule is COc1ccc(C(O[C@]23O[C@@]2(F)C[C@]2(O)C[C@H](n4cc(C)c(=O)[nH]c4=O)O[C@@H]23)(c2ccccc2)c2ccc(OC)cc2)cc1. The van der Waals surface area contributed by atoms with Crippen molar-refractivity contribution >= 4 is 0 Å². The van der Waals surface area contributed by atoms with E-state index in [1.807, 2.05) is 54.6 Å². The number of hydrogen-bond acceptors (Lipinski definition) is 8. The van der Waals surface area contributed by atoms with E-state index in [2.05, 4.69) is 4.98 Å². The number of aliphatic hydroxyl groups is 1. The smallest absolute Gasteiger partial charge is 0.330 e. The van der Waals surface area contributed by atoms with Crippen molar-refractivity contribution in [3.05, 3.63) is 128 Å². The van der Waals surface area contributed by atoms with Crippen LogP contribution in [0.25, 0.3) is 0 Å². The van der Waals surface area contributed by atoms with Crippen molar-refractivity contribution in [2.24, 2.45) is 0 Å². The van der Waals surface area contributed by atoms with Crippen LogP contribution in [0.3, 0.4) is 0 Å². The molecule has 0 unspecified atom stereocenters. The molecule has 3 aromatic carbocycles. The molecule has 1 saturated carbocycles. The minimum Gasteiger partial charge on any atom is -0.497 e. The van der Waals surface area contributed by atoms with E-state index in [1.165, 1.54) is 10.8 Å². The second kappa shape index (κ2) is 9.86. The van der Waals surface area contributed by atoms with E-state index in [0.717, 1.165) is 0 Å². The first-order valence-corrected chi connectivity index (χ1v) is 14.2. The predicted octanol–water partition coefficient (Wildman–Crippen LogP) is 3.69. The van der Waals surface area contributed by atoms with E-state index >= 15 is 4.39 Å². The number of aryl methyl sites for hydroxylation is 1. The van der Waals surface area contributed by atoms with Gasteiger partial charge in [0.2, 0.25) is 0 Å². The topological polar surface area (TPSA) is 125 Å². The van der Waals surface area contributed by atoms with Gasteiger partial charge in [-0.1, -0.05) is 54.6 Å². The number of benzene rings is 3. The summed E-state index contributed by atoms with van der Waals surface area (Å²) in [6.07, 6.45) is -1.51. The number of epoxide rings is 1. The molecule has 228 valence electrons. The molecule has 2 saturated heterocycles. The fraction of sp³-hybridized carbons (Fsp3) is 0.333. The summed E-state index contributed by atoms with van der Waals surface area (Å²) in [6.45, 7) is 1.55. The summed E-state index contributed by atoms with van der Waals surface area (Å²) in [4.78, 5) is 27.0. The summed E-state index contributed by atoms with van der Waals surface area (Å²) in [5.74, 6) is -3.19. The molecule has 3 fully saturated rings. The second-order valence-electron chi connectivity index (χ2n) is 11.5. The Morgan fingerprint density at radius 2 is 1.50 bits per heavy atom. The average Bonchev–Trinajstić information content (AvgIpc) is 3.34. The Morgan fingerprint density at radius 1 is 0.932 bits per heavy atom. The molecule has 2 N–H and O–H groups in total. The molecule has 11 heteroatoms. The summed E-state index contributed by atoms with van der Waals surface area (Å²) in [5, 5.41) is 11.8. The van der Waals surface area contributed by atoms with Gasteiger partial charge >= 0.3 is 5.69 Å². The molecule has 0 bridgehead atoms. The van der Waals surface area contributed by atoms with E-state index in [9.17, 15) is 14.7 Å². The van der Waals surface area contributed by atoms with E-state index < -0.39 is 52.8 Å². The van der Waals surface area contributed by atoms with Gasteiger partial charge < -0.3 is 28.8 Å². The molecule has 2 aliphatic heterocycles. The standard InChI is InChI=1S/C33H31FN2O8/c1-20-18-36(29(38)35-27(20)37)26-17-30(39)19-31(34)33(43-31,28(30)42-26)44-32(21-7-5-4-6-8-21,22-9-13-24(40-2)14-10-22)23-11-15-25(41-3)16-12-23/h4-16,18,26,28,39H,17,19H2,1-3H3,(H,35,37,38)/t26-,28+,30-,31+,33+/m1/s1. The number of H-pyrrole nitrogens is 1. The highest BCUT2D eigenvalue weighted by molar-refractivity contribution is 5.50.